The molecule has 1 atom stereocenters. The van der Waals surface area contributed by atoms with Gasteiger partial charge in [0.2, 0.25) is 0 Å². The van der Waals surface area contributed by atoms with E-state index >= 15 is 0 Å². The van der Waals surface area contributed by atoms with E-state index in [1.807, 2.05) is 6.92 Å². The molecule has 0 aliphatic heterocycles. The molecule has 140 valence electrons. The third-order valence-electron chi connectivity index (χ3n) is 2.60. The summed E-state index contributed by atoms with van der Waals surface area (Å²) in [5.74, 6) is 5.20. The fourth-order valence-corrected chi connectivity index (χ4v) is 1.53. The van der Waals surface area contributed by atoms with E-state index in [9.17, 15) is 5.11 Å². The van der Waals surface area contributed by atoms with Crippen LogP contribution in [0.4, 0.5) is 0 Å². The molecule has 0 amide bonds. The van der Waals surface area contributed by atoms with E-state index in [1.165, 1.54) is 0 Å². The molecule has 0 bridgehead atoms. The van der Waals surface area contributed by atoms with Gasteiger partial charge in [-0.2, -0.15) is 5.10 Å². The molecule has 0 saturated heterocycles. The Morgan fingerprint density at radius 1 is 1.00 bits per heavy atom. The van der Waals surface area contributed by atoms with Crippen LogP contribution >= 0.6 is 0 Å². The van der Waals surface area contributed by atoms with Crippen LogP contribution in [0.5, 0.6) is 0 Å². The zero-order valence-corrected chi connectivity index (χ0v) is 18.9. The number of hydrogen-bond donors (Lipinski definition) is 2. The second-order valence-corrected chi connectivity index (χ2v) is 4.74. The molecule has 0 aromatic heterocycles. The molecule has 0 aliphatic carbocycles. The first-order valence-electron chi connectivity index (χ1n) is 7.96. The maximum atomic E-state index is 9.22. The Hall–Kier alpha value is -0.00805. The summed E-state index contributed by atoms with van der Waals surface area (Å²) in [5, 5.41) is 12.8. The Kier molecular flexibility index (Phi) is 23.0. The molecule has 1 unspecified atom stereocenters. The summed E-state index contributed by atoms with van der Waals surface area (Å²) in [7, 11) is 0. The number of aliphatic imine (C=N–C) groups is 1. The van der Waals surface area contributed by atoms with E-state index < -0.39 is 6.10 Å². The molecule has 0 radical (unpaired) electrons. The largest absolute Gasteiger partial charge is 0.393 e. The van der Waals surface area contributed by atoms with Gasteiger partial charge in [-0.05, 0) is 13.8 Å². The van der Waals surface area contributed by atoms with Crippen molar-refractivity contribution in [3.8, 4) is 0 Å². The maximum absolute atomic E-state index is 9.22. The van der Waals surface area contributed by atoms with Crippen molar-refractivity contribution in [2.24, 2.45) is 15.9 Å². The van der Waals surface area contributed by atoms with Gasteiger partial charge >= 0.3 is 0 Å². The number of nitrogens with two attached hydrogens (primary N) is 1. The zero-order chi connectivity index (χ0) is 17.2. The van der Waals surface area contributed by atoms with Gasteiger partial charge in [-0.3, -0.25) is 4.99 Å². The van der Waals surface area contributed by atoms with Gasteiger partial charge in [0, 0.05) is 50.4 Å². The normalized spacial score (nSPS) is 13.2. The third kappa shape index (κ3) is 20.0. The monoisotopic (exact) mass is 571 g/mol. The topological polar surface area (TPSA) is 108 Å². The van der Waals surface area contributed by atoms with Gasteiger partial charge in [0.05, 0.1) is 64.6 Å². The molecular weight excluding hydrogens is 540 g/mol. The predicted molar refractivity (Wildman–Crippen MR) is 90.2 cm³/mol. The van der Waals surface area contributed by atoms with Crippen LogP contribution in [0.15, 0.2) is 10.1 Å². The Morgan fingerprint density at radius 3 is 1.96 bits per heavy atom. The molecule has 9 heteroatoms. The first kappa shape index (κ1) is 26.2. The van der Waals surface area contributed by atoms with Gasteiger partial charge in [0.1, 0.15) is 0 Å². The molecule has 0 rings (SSSR count). The summed E-state index contributed by atoms with van der Waals surface area (Å²) in [5.41, 5.74) is 0.563. The summed E-state index contributed by atoms with van der Waals surface area (Å²) in [6.45, 7) is 8.70. The van der Waals surface area contributed by atoms with E-state index in [1.54, 1.807) is 13.1 Å². The van der Waals surface area contributed by atoms with Crippen molar-refractivity contribution >= 4 is 11.9 Å². The molecule has 0 fully saturated rings. The van der Waals surface area contributed by atoms with Gasteiger partial charge in [0.15, 0.2) is 0 Å². The Balaban J connectivity index is 0. The average Bonchev–Trinajstić information content (AvgIpc) is 2.53. The van der Waals surface area contributed by atoms with E-state index in [-0.39, 0.29) is 31.1 Å². The van der Waals surface area contributed by atoms with Crippen molar-refractivity contribution in [1.82, 2.24) is 0 Å². The molecule has 24 heavy (non-hydrogen) atoms. The number of aliphatic hydroxyl groups excluding tert-OH is 1. The molecule has 0 aliphatic rings. The number of ether oxygens (including phenoxy) is 4. The Morgan fingerprint density at radius 2 is 1.50 bits per heavy atom. The average molecular weight is 571 g/mol. The van der Waals surface area contributed by atoms with Gasteiger partial charge in [0.25, 0.3) is 0 Å². The molecule has 3 N–H and O–H groups in total. The SMILES string of the molecule is CCOCCOCCOCCOCCN=C/C(CC(C)O)=N\N.[U]. The minimum Gasteiger partial charge on any atom is -0.393 e. The fraction of sp³-hybridized carbons (Fsp3) is 0.867. The second kappa shape index (κ2) is 21.0. The maximum Gasteiger partial charge on any atom is 0.0803 e. The van der Waals surface area contributed by atoms with Gasteiger partial charge in [-0.1, -0.05) is 0 Å². The van der Waals surface area contributed by atoms with Crippen LogP contribution in [0.3, 0.4) is 0 Å². The molecule has 8 nitrogen and oxygen atoms in total. The molecular formula is C15H31N3O5U. The van der Waals surface area contributed by atoms with Crippen molar-refractivity contribution < 1.29 is 55.2 Å². The summed E-state index contributed by atoms with van der Waals surface area (Å²) in [6.07, 6.45) is 1.47. The van der Waals surface area contributed by atoms with Gasteiger partial charge < -0.3 is 29.9 Å². The summed E-state index contributed by atoms with van der Waals surface area (Å²) in [4.78, 5) is 4.13. The zero-order valence-electron chi connectivity index (χ0n) is 14.8. The Labute approximate surface area is 168 Å². The van der Waals surface area contributed by atoms with E-state index in [0.717, 1.165) is 0 Å². The number of aliphatic hydroxyl groups is 1. The van der Waals surface area contributed by atoms with Crippen molar-refractivity contribution in [3.63, 3.8) is 0 Å². The molecule has 0 heterocycles. The van der Waals surface area contributed by atoms with Crippen LogP contribution in [-0.4, -0.2) is 82.5 Å². The first-order valence-corrected chi connectivity index (χ1v) is 7.96. The van der Waals surface area contributed by atoms with Crippen molar-refractivity contribution in [1.29, 1.82) is 0 Å². The van der Waals surface area contributed by atoms with Crippen molar-refractivity contribution in [3.05, 3.63) is 0 Å². The van der Waals surface area contributed by atoms with E-state index in [4.69, 9.17) is 24.8 Å². The number of rotatable bonds is 16. The summed E-state index contributed by atoms with van der Waals surface area (Å²) in [6, 6.07) is 0. The van der Waals surface area contributed by atoms with Gasteiger partial charge in [-0.25, -0.2) is 0 Å². The molecule has 0 spiro atoms. The Bertz CT molecular complexity index is 317. The quantitative estimate of drug-likeness (QED) is 0.119. The molecule has 0 aromatic rings. The van der Waals surface area contributed by atoms with Crippen LogP contribution in [0.1, 0.15) is 20.3 Å². The first-order chi connectivity index (χ1) is 11.2. The third-order valence-corrected chi connectivity index (χ3v) is 2.60. The van der Waals surface area contributed by atoms with Crippen molar-refractivity contribution in [2.75, 3.05) is 59.4 Å². The van der Waals surface area contributed by atoms with Crippen LogP contribution in [0.25, 0.3) is 0 Å². The van der Waals surface area contributed by atoms with Crippen LogP contribution in [-0.2, 0) is 18.9 Å². The smallest absolute Gasteiger partial charge is 0.0803 e. The van der Waals surface area contributed by atoms with Gasteiger partial charge in [-0.15, -0.1) is 0 Å². The minimum atomic E-state index is -0.486. The summed E-state index contributed by atoms with van der Waals surface area (Å²) < 4.78 is 21.2. The number of hydrazone groups is 1. The van der Waals surface area contributed by atoms with Crippen LogP contribution in [0, 0.1) is 31.1 Å². The van der Waals surface area contributed by atoms with E-state index in [0.29, 0.717) is 71.5 Å². The standard InChI is InChI=1S/C15H31N3O5.U/c1-3-20-6-7-22-10-11-23-9-8-21-5-4-17-13-15(18-16)12-14(2)19;/h13-14,19H,3-12,16H2,1-2H3;/b17-13?,18-15-;. The number of nitrogens with zero attached hydrogens (tertiary/aromatic N) is 2. The fourth-order valence-electron chi connectivity index (χ4n) is 1.53. The second-order valence-electron chi connectivity index (χ2n) is 4.74. The summed E-state index contributed by atoms with van der Waals surface area (Å²) >= 11 is 0. The van der Waals surface area contributed by atoms with Crippen LogP contribution < -0.4 is 5.84 Å². The number of hydrogen-bond acceptors (Lipinski definition) is 8. The minimum absolute atomic E-state index is 0. The van der Waals surface area contributed by atoms with E-state index in [2.05, 4.69) is 10.1 Å². The molecule has 0 aromatic carbocycles. The molecule has 0 saturated carbocycles. The predicted octanol–water partition coefficient (Wildman–Crippen LogP) is 0.229. The van der Waals surface area contributed by atoms with Crippen LogP contribution in [0.2, 0.25) is 0 Å². The van der Waals surface area contributed by atoms with Crippen molar-refractivity contribution in [2.45, 2.75) is 26.4 Å².